The maximum absolute atomic E-state index is 13.1. The number of hydrogen-bond donors (Lipinski definition) is 1. The van der Waals surface area contributed by atoms with Crippen molar-refractivity contribution in [1.29, 1.82) is 0 Å². The lowest BCUT2D eigenvalue weighted by molar-refractivity contribution is 0.0695. The van der Waals surface area contributed by atoms with E-state index in [1.54, 1.807) is 35.4 Å². The number of nitrogens with zero attached hydrogens (tertiary/aromatic N) is 2. The van der Waals surface area contributed by atoms with Crippen LogP contribution in [0.5, 0.6) is 11.6 Å². The molecule has 1 N–H and O–H groups in total. The Morgan fingerprint density at radius 1 is 0.968 bits per heavy atom. The van der Waals surface area contributed by atoms with Gasteiger partial charge in [0, 0.05) is 35.4 Å². The van der Waals surface area contributed by atoms with Crippen LogP contribution in [0.1, 0.15) is 33.6 Å². The first kappa shape index (κ1) is 21.1. The van der Waals surface area contributed by atoms with Crippen LogP contribution in [0.3, 0.4) is 0 Å². The third-order valence-electron chi connectivity index (χ3n) is 5.18. The Morgan fingerprint density at radius 3 is 2.39 bits per heavy atom. The van der Waals surface area contributed by atoms with Crippen LogP contribution in [-0.2, 0) is 0 Å². The van der Waals surface area contributed by atoms with Crippen molar-refractivity contribution >= 4 is 27.7 Å². The summed E-state index contributed by atoms with van der Waals surface area (Å²) >= 11 is 3.40. The summed E-state index contributed by atoms with van der Waals surface area (Å²) in [6, 6.07) is 20.0. The zero-order valence-electron chi connectivity index (χ0n) is 16.8. The Labute approximate surface area is 189 Å². The number of amides is 2. The molecule has 0 atom stereocenters. The molecule has 2 aromatic carbocycles. The number of nitrogens with one attached hydrogen (secondary N) is 1. The molecule has 1 saturated heterocycles. The fourth-order valence-electron chi connectivity index (χ4n) is 3.50. The molecule has 0 aliphatic carbocycles. The summed E-state index contributed by atoms with van der Waals surface area (Å²) in [6.45, 7) is 1.12. The maximum atomic E-state index is 13.1. The maximum Gasteiger partial charge on any atom is 0.259 e. The molecule has 0 spiro atoms. The lowest BCUT2D eigenvalue weighted by Gasteiger charge is -2.32. The van der Waals surface area contributed by atoms with Crippen LogP contribution in [0.15, 0.2) is 77.4 Å². The standard InChI is InChI=1S/C24H22BrN3O3/c25-18-8-10-20(11-9-18)31-23-21(7-4-14-26-23)24(30)28-15-12-19(13-16-28)27-22(29)17-5-2-1-3-6-17/h1-11,14,19H,12-13,15-16H2,(H,27,29). The number of pyridine rings is 1. The predicted molar refractivity (Wildman–Crippen MR) is 121 cm³/mol. The van der Waals surface area contributed by atoms with Crippen molar-refractivity contribution in [3.63, 3.8) is 0 Å². The van der Waals surface area contributed by atoms with Crippen molar-refractivity contribution in [2.24, 2.45) is 0 Å². The van der Waals surface area contributed by atoms with Gasteiger partial charge in [-0.1, -0.05) is 34.1 Å². The minimum absolute atomic E-state index is 0.0455. The van der Waals surface area contributed by atoms with Crippen LogP contribution in [0, 0.1) is 0 Å². The third kappa shape index (κ3) is 5.30. The molecule has 7 heteroatoms. The first-order valence-electron chi connectivity index (χ1n) is 10.1. The topological polar surface area (TPSA) is 71.5 Å². The molecule has 0 bridgehead atoms. The first-order chi connectivity index (χ1) is 15.1. The van der Waals surface area contributed by atoms with Gasteiger partial charge in [-0.2, -0.15) is 0 Å². The lowest BCUT2D eigenvalue weighted by Crippen LogP contribution is -2.46. The van der Waals surface area contributed by atoms with Crippen LogP contribution in [-0.4, -0.2) is 40.8 Å². The average molecular weight is 480 g/mol. The molecular weight excluding hydrogens is 458 g/mol. The summed E-state index contributed by atoms with van der Waals surface area (Å²) in [5, 5.41) is 3.07. The van der Waals surface area contributed by atoms with E-state index >= 15 is 0 Å². The van der Waals surface area contributed by atoms with Crippen LogP contribution in [0.4, 0.5) is 0 Å². The van der Waals surface area contributed by atoms with Crippen molar-refractivity contribution in [3.8, 4) is 11.6 Å². The first-order valence-corrected chi connectivity index (χ1v) is 10.9. The van der Waals surface area contributed by atoms with Gasteiger partial charge in [0.05, 0.1) is 0 Å². The quantitative estimate of drug-likeness (QED) is 0.576. The highest BCUT2D eigenvalue weighted by atomic mass is 79.9. The number of carbonyl (C=O) groups is 2. The van der Waals surface area contributed by atoms with Crippen LogP contribution in [0.25, 0.3) is 0 Å². The van der Waals surface area contributed by atoms with E-state index in [1.165, 1.54) is 0 Å². The average Bonchev–Trinajstić information content (AvgIpc) is 2.81. The molecule has 1 fully saturated rings. The molecule has 31 heavy (non-hydrogen) atoms. The molecule has 1 aliphatic rings. The summed E-state index contributed by atoms with van der Waals surface area (Å²) in [4.78, 5) is 31.5. The number of piperidine rings is 1. The molecular formula is C24H22BrN3O3. The van der Waals surface area contributed by atoms with Gasteiger partial charge in [0.15, 0.2) is 0 Å². The molecule has 2 amide bonds. The summed E-state index contributed by atoms with van der Waals surface area (Å²) in [5.74, 6) is 0.698. The van der Waals surface area contributed by atoms with Crippen molar-refractivity contribution in [2.75, 3.05) is 13.1 Å². The van der Waals surface area contributed by atoms with Gasteiger partial charge < -0.3 is 15.0 Å². The smallest absolute Gasteiger partial charge is 0.259 e. The zero-order chi connectivity index (χ0) is 21.6. The molecule has 0 saturated carbocycles. The van der Waals surface area contributed by atoms with Crippen molar-refractivity contribution in [3.05, 3.63) is 88.5 Å². The normalized spacial score (nSPS) is 14.2. The lowest BCUT2D eigenvalue weighted by atomic mass is 10.0. The van der Waals surface area contributed by atoms with E-state index in [1.807, 2.05) is 42.5 Å². The molecule has 6 nitrogen and oxygen atoms in total. The van der Waals surface area contributed by atoms with Gasteiger partial charge in [-0.25, -0.2) is 4.98 Å². The highest BCUT2D eigenvalue weighted by Gasteiger charge is 2.27. The number of rotatable bonds is 5. The van der Waals surface area contributed by atoms with E-state index < -0.39 is 0 Å². The van der Waals surface area contributed by atoms with Gasteiger partial charge in [-0.3, -0.25) is 9.59 Å². The molecule has 4 rings (SSSR count). The largest absolute Gasteiger partial charge is 0.438 e. The Balaban J connectivity index is 1.38. The van der Waals surface area contributed by atoms with E-state index in [-0.39, 0.29) is 23.7 Å². The molecule has 1 aromatic heterocycles. The fraction of sp³-hybridized carbons (Fsp3) is 0.208. The second kappa shape index (κ2) is 9.75. The Morgan fingerprint density at radius 2 is 1.68 bits per heavy atom. The van der Waals surface area contributed by atoms with E-state index in [0.29, 0.717) is 42.8 Å². The summed E-state index contributed by atoms with van der Waals surface area (Å²) in [6.07, 6.45) is 3.01. The SMILES string of the molecule is O=C(NC1CCN(C(=O)c2cccnc2Oc2ccc(Br)cc2)CC1)c1ccccc1. The molecule has 1 aliphatic heterocycles. The molecule has 3 aromatic rings. The van der Waals surface area contributed by atoms with Crippen LogP contribution in [0.2, 0.25) is 0 Å². The van der Waals surface area contributed by atoms with Gasteiger partial charge in [0.1, 0.15) is 11.3 Å². The van der Waals surface area contributed by atoms with Gasteiger partial charge in [-0.15, -0.1) is 0 Å². The minimum atomic E-state index is -0.118. The predicted octanol–water partition coefficient (Wildman–Crippen LogP) is 4.67. The van der Waals surface area contributed by atoms with E-state index in [0.717, 1.165) is 4.47 Å². The number of carbonyl (C=O) groups excluding carboxylic acids is 2. The number of hydrogen-bond acceptors (Lipinski definition) is 4. The van der Waals surface area contributed by atoms with E-state index in [4.69, 9.17) is 4.74 Å². The summed E-state index contributed by atoms with van der Waals surface area (Å²) in [5.41, 5.74) is 1.07. The Hall–Kier alpha value is -3.19. The second-order valence-electron chi connectivity index (χ2n) is 7.32. The number of aromatic nitrogens is 1. The van der Waals surface area contributed by atoms with Crippen molar-refractivity contribution < 1.29 is 14.3 Å². The monoisotopic (exact) mass is 479 g/mol. The number of benzene rings is 2. The number of halogens is 1. The van der Waals surface area contributed by atoms with Gasteiger partial charge in [0.25, 0.3) is 11.8 Å². The van der Waals surface area contributed by atoms with E-state index in [2.05, 4.69) is 26.2 Å². The summed E-state index contributed by atoms with van der Waals surface area (Å²) in [7, 11) is 0. The second-order valence-corrected chi connectivity index (χ2v) is 8.23. The summed E-state index contributed by atoms with van der Waals surface area (Å²) < 4.78 is 6.81. The van der Waals surface area contributed by atoms with Gasteiger partial charge in [0.2, 0.25) is 5.88 Å². The highest BCUT2D eigenvalue weighted by molar-refractivity contribution is 9.10. The zero-order valence-corrected chi connectivity index (χ0v) is 18.4. The van der Waals surface area contributed by atoms with Gasteiger partial charge >= 0.3 is 0 Å². The number of ether oxygens (including phenoxy) is 1. The van der Waals surface area contributed by atoms with Gasteiger partial charge in [-0.05, 0) is 61.4 Å². The Kier molecular flexibility index (Phi) is 6.62. The van der Waals surface area contributed by atoms with Crippen molar-refractivity contribution in [1.82, 2.24) is 15.2 Å². The van der Waals surface area contributed by atoms with Crippen LogP contribution < -0.4 is 10.1 Å². The number of likely N-dealkylation sites (tertiary alicyclic amines) is 1. The molecule has 158 valence electrons. The minimum Gasteiger partial charge on any atom is -0.438 e. The molecule has 2 heterocycles. The third-order valence-corrected chi connectivity index (χ3v) is 5.71. The molecule has 0 radical (unpaired) electrons. The van der Waals surface area contributed by atoms with Crippen LogP contribution >= 0.6 is 15.9 Å². The van der Waals surface area contributed by atoms with Crippen molar-refractivity contribution in [2.45, 2.75) is 18.9 Å². The molecule has 0 unspecified atom stereocenters. The Bertz CT molecular complexity index is 1050. The highest BCUT2D eigenvalue weighted by Crippen LogP contribution is 2.26. The fourth-order valence-corrected chi connectivity index (χ4v) is 3.77. The van der Waals surface area contributed by atoms with E-state index in [9.17, 15) is 9.59 Å².